The summed E-state index contributed by atoms with van der Waals surface area (Å²) in [7, 11) is 2.92. The summed E-state index contributed by atoms with van der Waals surface area (Å²) in [5.74, 6) is -1.45. The summed E-state index contributed by atoms with van der Waals surface area (Å²) in [6, 6.07) is 13.1. The minimum atomic E-state index is -4.82. The maximum Gasteiger partial charge on any atom is 0.418 e. The molecule has 0 atom stereocenters. The van der Waals surface area contributed by atoms with Crippen molar-refractivity contribution in [3.05, 3.63) is 83.2 Å². The lowest BCUT2D eigenvalue weighted by Gasteiger charge is -2.16. The number of methoxy groups -OCH3 is 2. The minimum absolute atomic E-state index is 0.118. The third-order valence-electron chi connectivity index (χ3n) is 5.08. The molecule has 0 spiro atoms. The van der Waals surface area contributed by atoms with Gasteiger partial charge in [-0.25, -0.2) is 4.39 Å². The summed E-state index contributed by atoms with van der Waals surface area (Å²) in [5.41, 5.74) is -1.49. The topological polar surface area (TPSA) is 76.7 Å². The molecule has 0 bridgehead atoms. The highest BCUT2D eigenvalue weighted by atomic mass is 19.4. The molecule has 0 aliphatic rings. The third kappa shape index (κ3) is 6.28. The molecule has 3 aromatic rings. The molecule has 3 rings (SSSR count). The highest BCUT2D eigenvalue weighted by Gasteiger charge is 2.34. The number of nitrogens with one attached hydrogen (secondary N) is 2. The van der Waals surface area contributed by atoms with E-state index < -0.39 is 35.1 Å². The van der Waals surface area contributed by atoms with Gasteiger partial charge < -0.3 is 20.1 Å². The normalized spacial score (nSPS) is 11.0. The molecule has 2 N–H and O–H groups in total. The Labute approximate surface area is 198 Å². The number of aryl methyl sites for hydroxylation is 1. The van der Waals surface area contributed by atoms with Crippen LogP contribution in [0.15, 0.2) is 60.7 Å². The van der Waals surface area contributed by atoms with E-state index in [-0.39, 0.29) is 24.1 Å². The average molecular weight is 490 g/mol. The van der Waals surface area contributed by atoms with Crippen LogP contribution in [0.1, 0.15) is 27.9 Å². The molecule has 0 fully saturated rings. The Morgan fingerprint density at radius 1 is 0.914 bits per heavy atom. The summed E-state index contributed by atoms with van der Waals surface area (Å²) in [5, 5.41) is 4.52. The van der Waals surface area contributed by atoms with Gasteiger partial charge in [0.1, 0.15) is 5.82 Å². The van der Waals surface area contributed by atoms with Crippen LogP contribution in [0.2, 0.25) is 0 Å². The molecule has 0 heterocycles. The molecule has 0 unspecified atom stereocenters. The molecule has 0 aliphatic heterocycles. The summed E-state index contributed by atoms with van der Waals surface area (Å²) >= 11 is 0. The van der Waals surface area contributed by atoms with Crippen LogP contribution in [0, 0.1) is 5.82 Å². The van der Waals surface area contributed by atoms with E-state index >= 15 is 0 Å². The maximum absolute atomic E-state index is 13.8. The van der Waals surface area contributed by atoms with Gasteiger partial charge in [0.2, 0.25) is 5.91 Å². The van der Waals surface area contributed by atoms with E-state index in [1.165, 1.54) is 38.5 Å². The standard InChI is InChI=1S/C25H22F4N2O4/c1-34-21-9-5-6-15(23(21)35-2)10-13-22(32)31-20-12-11-16(14-18(20)25(27,28)29)30-24(33)17-7-3-4-8-19(17)26/h3-9,11-12,14H,10,13H2,1-2H3,(H,30,33)(H,31,32). The number of halogens is 4. The Balaban J connectivity index is 1.75. The van der Waals surface area contributed by atoms with Gasteiger partial charge in [0.05, 0.1) is 31.0 Å². The van der Waals surface area contributed by atoms with Gasteiger partial charge in [-0.05, 0) is 48.4 Å². The molecule has 0 saturated heterocycles. The molecular formula is C25H22F4N2O4. The van der Waals surface area contributed by atoms with Crippen molar-refractivity contribution in [3.8, 4) is 11.5 Å². The second-order valence-electron chi connectivity index (χ2n) is 7.39. The van der Waals surface area contributed by atoms with Crippen LogP contribution in [0.4, 0.5) is 28.9 Å². The van der Waals surface area contributed by atoms with Gasteiger partial charge in [-0.2, -0.15) is 13.2 Å². The smallest absolute Gasteiger partial charge is 0.418 e. The van der Waals surface area contributed by atoms with Crippen LogP contribution in [0.3, 0.4) is 0 Å². The van der Waals surface area contributed by atoms with Gasteiger partial charge >= 0.3 is 6.18 Å². The quantitative estimate of drug-likeness (QED) is 0.398. The first-order valence-corrected chi connectivity index (χ1v) is 10.4. The number of carbonyl (C=O) groups excluding carboxylic acids is 2. The molecule has 6 nitrogen and oxygen atoms in total. The van der Waals surface area contributed by atoms with E-state index in [4.69, 9.17) is 9.47 Å². The van der Waals surface area contributed by atoms with Crippen LogP contribution in [0.25, 0.3) is 0 Å². The van der Waals surface area contributed by atoms with Crippen molar-refractivity contribution < 1.29 is 36.6 Å². The average Bonchev–Trinajstić information content (AvgIpc) is 2.82. The number of anilines is 2. The Hall–Kier alpha value is -4.08. The Kier molecular flexibility index (Phi) is 7.95. The molecule has 3 aromatic carbocycles. The summed E-state index contributed by atoms with van der Waals surface area (Å²) in [6.45, 7) is 0. The number of ether oxygens (including phenoxy) is 2. The lowest BCUT2D eigenvalue weighted by molar-refractivity contribution is -0.136. The Morgan fingerprint density at radius 2 is 1.66 bits per heavy atom. The van der Waals surface area contributed by atoms with Crippen molar-refractivity contribution in [2.24, 2.45) is 0 Å². The Morgan fingerprint density at radius 3 is 2.31 bits per heavy atom. The molecule has 2 amide bonds. The predicted molar refractivity (Wildman–Crippen MR) is 122 cm³/mol. The van der Waals surface area contributed by atoms with Crippen LogP contribution in [-0.2, 0) is 17.4 Å². The van der Waals surface area contributed by atoms with Crippen LogP contribution in [-0.4, -0.2) is 26.0 Å². The van der Waals surface area contributed by atoms with Crippen LogP contribution < -0.4 is 20.1 Å². The SMILES string of the molecule is COc1cccc(CCC(=O)Nc2ccc(NC(=O)c3ccccc3F)cc2C(F)(F)F)c1OC. The Bertz CT molecular complexity index is 1230. The van der Waals surface area contributed by atoms with E-state index in [0.717, 1.165) is 12.1 Å². The van der Waals surface area contributed by atoms with Crippen molar-refractivity contribution in [3.63, 3.8) is 0 Å². The molecule has 0 aromatic heterocycles. The van der Waals surface area contributed by atoms with Gasteiger partial charge in [0, 0.05) is 12.1 Å². The van der Waals surface area contributed by atoms with Crippen molar-refractivity contribution in [2.45, 2.75) is 19.0 Å². The lowest BCUT2D eigenvalue weighted by Crippen LogP contribution is -2.18. The predicted octanol–water partition coefficient (Wildman–Crippen LogP) is 5.69. The van der Waals surface area contributed by atoms with E-state index in [1.807, 2.05) is 0 Å². The number of rotatable bonds is 8. The van der Waals surface area contributed by atoms with Crippen LogP contribution in [0.5, 0.6) is 11.5 Å². The largest absolute Gasteiger partial charge is 0.493 e. The monoisotopic (exact) mass is 490 g/mol. The maximum atomic E-state index is 13.8. The van der Waals surface area contributed by atoms with Crippen LogP contribution >= 0.6 is 0 Å². The van der Waals surface area contributed by atoms with Gasteiger partial charge in [0.15, 0.2) is 11.5 Å². The number of carbonyl (C=O) groups is 2. The fourth-order valence-corrected chi connectivity index (χ4v) is 3.42. The van der Waals surface area contributed by atoms with Gasteiger partial charge in [-0.1, -0.05) is 24.3 Å². The highest BCUT2D eigenvalue weighted by molar-refractivity contribution is 6.04. The fraction of sp³-hybridized carbons (Fsp3) is 0.200. The minimum Gasteiger partial charge on any atom is -0.493 e. The van der Waals surface area contributed by atoms with E-state index in [9.17, 15) is 27.2 Å². The summed E-state index contributed by atoms with van der Waals surface area (Å²) in [4.78, 5) is 24.7. The second-order valence-corrected chi connectivity index (χ2v) is 7.39. The molecule has 184 valence electrons. The number of hydrogen-bond donors (Lipinski definition) is 2. The highest BCUT2D eigenvalue weighted by Crippen LogP contribution is 2.37. The first-order chi connectivity index (χ1) is 16.6. The zero-order valence-electron chi connectivity index (χ0n) is 18.8. The summed E-state index contributed by atoms with van der Waals surface area (Å²) in [6.07, 6.45) is -4.74. The van der Waals surface area contributed by atoms with Gasteiger partial charge in [0.25, 0.3) is 5.91 Å². The third-order valence-corrected chi connectivity index (χ3v) is 5.08. The van der Waals surface area contributed by atoms with E-state index in [0.29, 0.717) is 23.1 Å². The van der Waals surface area contributed by atoms with Crippen molar-refractivity contribution in [2.75, 3.05) is 24.9 Å². The number of hydrogen-bond acceptors (Lipinski definition) is 4. The summed E-state index contributed by atoms with van der Waals surface area (Å²) < 4.78 is 65.4. The lowest BCUT2D eigenvalue weighted by atomic mass is 10.1. The first-order valence-electron chi connectivity index (χ1n) is 10.4. The van der Waals surface area contributed by atoms with Crippen molar-refractivity contribution >= 4 is 23.2 Å². The molecule has 0 saturated carbocycles. The molecular weight excluding hydrogens is 468 g/mol. The molecule has 35 heavy (non-hydrogen) atoms. The van der Waals surface area contributed by atoms with Crippen molar-refractivity contribution in [1.29, 1.82) is 0 Å². The van der Waals surface area contributed by atoms with Gasteiger partial charge in [-0.15, -0.1) is 0 Å². The number of para-hydroxylation sites is 1. The second kappa shape index (κ2) is 10.9. The van der Waals surface area contributed by atoms with Gasteiger partial charge in [-0.3, -0.25) is 9.59 Å². The molecule has 10 heteroatoms. The van der Waals surface area contributed by atoms with E-state index in [2.05, 4.69) is 10.6 Å². The number of benzene rings is 3. The zero-order valence-corrected chi connectivity index (χ0v) is 18.8. The fourth-order valence-electron chi connectivity index (χ4n) is 3.42. The number of amides is 2. The molecule has 0 radical (unpaired) electrons. The zero-order chi connectivity index (χ0) is 25.6. The first kappa shape index (κ1) is 25.5. The number of alkyl halides is 3. The van der Waals surface area contributed by atoms with E-state index in [1.54, 1.807) is 18.2 Å². The molecule has 0 aliphatic carbocycles. The van der Waals surface area contributed by atoms with Crippen molar-refractivity contribution in [1.82, 2.24) is 0 Å².